The van der Waals surface area contributed by atoms with Crippen molar-refractivity contribution in [2.75, 3.05) is 5.32 Å². The van der Waals surface area contributed by atoms with Gasteiger partial charge in [-0.05, 0) is 35.9 Å². The molecule has 1 aliphatic rings. The van der Waals surface area contributed by atoms with Crippen molar-refractivity contribution in [1.29, 1.82) is 0 Å². The fourth-order valence-corrected chi connectivity index (χ4v) is 2.07. The lowest BCUT2D eigenvalue weighted by molar-refractivity contribution is 0.112. The van der Waals surface area contributed by atoms with Crippen molar-refractivity contribution in [1.82, 2.24) is 0 Å². The Balaban J connectivity index is 1.98. The van der Waals surface area contributed by atoms with E-state index in [1.54, 1.807) is 18.2 Å². The zero-order valence-corrected chi connectivity index (χ0v) is 10.8. The van der Waals surface area contributed by atoms with E-state index < -0.39 is 0 Å². The van der Waals surface area contributed by atoms with E-state index >= 15 is 0 Å². The second-order valence-corrected chi connectivity index (χ2v) is 4.45. The number of hydrogen-bond acceptors (Lipinski definition) is 3. The van der Waals surface area contributed by atoms with Crippen LogP contribution in [0.15, 0.2) is 55.1 Å². The van der Waals surface area contributed by atoms with Crippen LogP contribution in [0.2, 0.25) is 0 Å². The molecule has 0 amide bonds. The molecule has 0 aromatic heterocycles. The van der Waals surface area contributed by atoms with Crippen LogP contribution in [0, 0.1) is 0 Å². The Kier molecular flexibility index (Phi) is 3.09. The summed E-state index contributed by atoms with van der Waals surface area (Å²) in [4.78, 5) is 10.8. The van der Waals surface area contributed by atoms with Crippen LogP contribution in [0.3, 0.4) is 0 Å². The van der Waals surface area contributed by atoms with Crippen LogP contribution in [0.1, 0.15) is 15.9 Å². The molecule has 0 aliphatic carbocycles. The van der Waals surface area contributed by atoms with Crippen molar-refractivity contribution in [2.45, 2.75) is 0 Å². The number of aldehydes is 1. The maximum absolute atomic E-state index is 10.8. The normalized spacial score (nSPS) is 12.0. The molecule has 2 aromatic rings. The first-order chi connectivity index (χ1) is 9.80. The Morgan fingerprint density at radius 3 is 2.30 bits per heavy atom. The number of hydrogen-bond donors (Lipinski definition) is 1. The quantitative estimate of drug-likeness (QED) is 0.556. The Morgan fingerprint density at radius 1 is 1.00 bits per heavy atom. The fourth-order valence-electron chi connectivity index (χ4n) is 2.07. The Labute approximate surface area is 117 Å². The molecule has 3 heteroatoms. The summed E-state index contributed by atoms with van der Waals surface area (Å²) in [5.74, 6) is 1.40. The lowest BCUT2D eigenvalue weighted by Crippen LogP contribution is -2.03. The molecule has 0 spiro atoms. The number of ether oxygens (including phenoxy) is 1. The average molecular weight is 263 g/mol. The minimum absolute atomic E-state index is 0.594. The van der Waals surface area contributed by atoms with Gasteiger partial charge >= 0.3 is 0 Å². The van der Waals surface area contributed by atoms with Crippen LogP contribution in [0.5, 0.6) is 11.5 Å². The van der Waals surface area contributed by atoms with Gasteiger partial charge in [0.15, 0.2) is 11.5 Å². The number of allylic oxidation sites excluding steroid dienone is 2. The highest BCUT2D eigenvalue weighted by Gasteiger charge is 2.16. The molecule has 20 heavy (non-hydrogen) atoms. The van der Waals surface area contributed by atoms with Crippen LogP contribution < -0.4 is 10.1 Å². The summed E-state index contributed by atoms with van der Waals surface area (Å²) in [6, 6.07) is 11.2. The van der Waals surface area contributed by atoms with E-state index in [1.807, 2.05) is 36.4 Å². The first-order valence-corrected chi connectivity index (χ1v) is 6.27. The molecule has 0 saturated carbocycles. The second kappa shape index (κ2) is 5.05. The highest BCUT2D eigenvalue weighted by Crippen LogP contribution is 2.42. The number of fused-ring (bicyclic) bond motifs is 2. The number of rotatable bonds is 3. The highest BCUT2D eigenvalue weighted by molar-refractivity contribution is 5.82. The third-order valence-corrected chi connectivity index (χ3v) is 3.06. The van der Waals surface area contributed by atoms with Crippen molar-refractivity contribution in [2.24, 2.45) is 0 Å². The zero-order valence-electron chi connectivity index (χ0n) is 10.8. The van der Waals surface area contributed by atoms with Crippen LogP contribution in [0.4, 0.5) is 11.4 Å². The minimum Gasteiger partial charge on any atom is -0.453 e. The van der Waals surface area contributed by atoms with Gasteiger partial charge in [0, 0.05) is 5.56 Å². The summed E-state index contributed by atoms with van der Waals surface area (Å²) in [5, 5.41) is 3.29. The summed E-state index contributed by atoms with van der Waals surface area (Å²) >= 11 is 0. The number of carbonyl (C=O) groups excluding carboxylic acids is 1. The predicted molar refractivity (Wildman–Crippen MR) is 80.9 cm³/mol. The van der Waals surface area contributed by atoms with Crippen molar-refractivity contribution in [3.8, 4) is 11.5 Å². The number of anilines is 2. The molecular weight excluding hydrogens is 250 g/mol. The van der Waals surface area contributed by atoms with Crippen molar-refractivity contribution in [3.05, 3.63) is 66.3 Å². The van der Waals surface area contributed by atoms with Crippen molar-refractivity contribution < 1.29 is 9.53 Å². The minimum atomic E-state index is 0.594. The third kappa shape index (κ3) is 2.21. The third-order valence-electron chi connectivity index (χ3n) is 3.06. The van der Waals surface area contributed by atoms with Gasteiger partial charge in [-0.3, -0.25) is 4.79 Å². The smallest absolute Gasteiger partial charge is 0.151 e. The van der Waals surface area contributed by atoms with E-state index in [-0.39, 0.29) is 0 Å². The lowest BCUT2D eigenvalue weighted by atomic mass is 10.1. The zero-order chi connectivity index (χ0) is 13.9. The Morgan fingerprint density at radius 2 is 1.65 bits per heavy atom. The molecule has 0 bridgehead atoms. The van der Waals surface area contributed by atoms with E-state index in [0.29, 0.717) is 11.3 Å². The van der Waals surface area contributed by atoms with Crippen LogP contribution in [-0.2, 0) is 0 Å². The van der Waals surface area contributed by atoms with Crippen molar-refractivity contribution in [3.63, 3.8) is 0 Å². The Bertz CT molecular complexity index is 717. The number of carbonyl (C=O) groups is 1. The SMILES string of the molecule is C=CC=Cc1ccc2c(c1)Oc1cc(C=O)ccc1N2. The van der Waals surface area contributed by atoms with Gasteiger partial charge in [0.25, 0.3) is 0 Å². The average Bonchev–Trinajstić information content (AvgIpc) is 2.50. The van der Waals surface area contributed by atoms with E-state index in [0.717, 1.165) is 29.0 Å². The van der Waals surface area contributed by atoms with Gasteiger partial charge in [0.05, 0.1) is 11.4 Å². The molecule has 0 fully saturated rings. The first-order valence-electron chi connectivity index (χ1n) is 6.27. The molecule has 0 atom stereocenters. The molecule has 0 radical (unpaired) electrons. The standard InChI is InChI=1S/C17H13NO2/c1-2-3-4-12-5-7-14-16(9-12)20-17-10-13(11-19)6-8-15(17)18-14/h2-11,18H,1H2. The monoisotopic (exact) mass is 263 g/mol. The molecule has 3 nitrogen and oxygen atoms in total. The second-order valence-electron chi connectivity index (χ2n) is 4.45. The molecule has 0 saturated heterocycles. The van der Waals surface area contributed by atoms with Gasteiger partial charge in [-0.1, -0.05) is 30.9 Å². The summed E-state index contributed by atoms with van der Waals surface area (Å²) in [6.45, 7) is 3.65. The molecular formula is C17H13NO2. The van der Waals surface area contributed by atoms with Crippen LogP contribution in [0.25, 0.3) is 6.08 Å². The molecule has 1 heterocycles. The van der Waals surface area contributed by atoms with Gasteiger partial charge in [-0.2, -0.15) is 0 Å². The largest absolute Gasteiger partial charge is 0.453 e. The molecule has 2 aromatic carbocycles. The van der Waals surface area contributed by atoms with Gasteiger partial charge in [0.1, 0.15) is 6.29 Å². The first kappa shape index (κ1) is 12.2. The van der Waals surface area contributed by atoms with E-state index in [1.165, 1.54) is 0 Å². The van der Waals surface area contributed by atoms with Crippen LogP contribution >= 0.6 is 0 Å². The van der Waals surface area contributed by atoms with Gasteiger partial charge < -0.3 is 10.1 Å². The lowest BCUT2D eigenvalue weighted by Gasteiger charge is -2.22. The maximum atomic E-state index is 10.8. The molecule has 98 valence electrons. The van der Waals surface area contributed by atoms with E-state index in [9.17, 15) is 4.79 Å². The van der Waals surface area contributed by atoms with Gasteiger partial charge in [-0.25, -0.2) is 0 Å². The summed E-state index contributed by atoms with van der Waals surface area (Å²) in [6.07, 6.45) is 6.36. The molecule has 3 rings (SSSR count). The molecule has 1 aliphatic heterocycles. The highest BCUT2D eigenvalue weighted by atomic mass is 16.5. The van der Waals surface area contributed by atoms with Gasteiger partial charge in [-0.15, -0.1) is 0 Å². The number of benzene rings is 2. The molecule has 0 unspecified atom stereocenters. The van der Waals surface area contributed by atoms with Gasteiger partial charge in [0.2, 0.25) is 0 Å². The predicted octanol–water partition coefficient (Wildman–Crippen LogP) is 4.55. The van der Waals surface area contributed by atoms with E-state index in [4.69, 9.17) is 4.74 Å². The molecule has 1 N–H and O–H groups in total. The summed E-state index contributed by atoms with van der Waals surface area (Å²) in [5.41, 5.74) is 3.39. The summed E-state index contributed by atoms with van der Waals surface area (Å²) in [7, 11) is 0. The van der Waals surface area contributed by atoms with Crippen molar-refractivity contribution >= 4 is 23.7 Å². The Hall–Kier alpha value is -2.81. The van der Waals surface area contributed by atoms with Crippen LogP contribution in [-0.4, -0.2) is 6.29 Å². The maximum Gasteiger partial charge on any atom is 0.151 e. The van der Waals surface area contributed by atoms with E-state index in [2.05, 4.69) is 11.9 Å². The number of nitrogens with one attached hydrogen (secondary N) is 1. The summed E-state index contributed by atoms with van der Waals surface area (Å²) < 4.78 is 5.86. The topological polar surface area (TPSA) is 38.3 Å². The fraction of sp³-hybridized carbons (Fsp3) is 0.